The van der Waals surface area contributed by atoms with Crippen LogP contribution in [0.15, 0.2) is 42.5 Å². The molecule has 1 amide bonds. The molecule has 0 saturated heterocycles. The first-order valence-electron chi connectivity index (χ1n) is 8.62. The van der Waals surface area contributed by atoms with Gasteiger partial charge in [0.25, 0.3) is 0 Å². The Morgan fingerprint density at radius 3 is 2.86 bits per heavy atom. The van der Waals surface area contributed by atoms with E-state index in [0.717, 1.165) is 16.8 Å². The summed E-state index contributed by atoms with van der Waals surface area (Å²) in [5.41, 5.74) is 3.31. The highest BCUT2D eigenvalue weighted by Gasteiger charge is 2.31. The molecule has 144 valence electrons. The third-order valence-corrected chi connectivity index (χ3v) is 6.18. The maximum Gasteiger partial charge on any atom is 0.235 e. The summed E-state index contributed by atoms with van der Waals surface area (Å²) < 4.78 is 6.94. The Balaban J connectivity index is 1.90. The van der Waals surface area contributed by atoms with Gasteiger partial charge in [0.15, 0.2) is 11.5 Å². The van der Waals surface area contributed by atoms with Crippen molar-refractivity contribution in [2.45, 2.75) is 12.2 Å². The van der Waals surface area contributed by atoms with E-state index in [1.807, 2.05) is 31.2 Å². The van der Waals surface area contributed by atoms with Gasteiger partial charge in [0, 0.05) is 5.56 Å². The molecule has 28 heavy (non-hydrogen) atoms. The topological polar surface area (TPSA) is 76.4 Å². The van der Waals surface area contributed by atoms with Gasteiger partial charge in [0.05, 0.1) is 34.5 Å². The maximum atomic E-state index is 12.4. The van der Waals surface area contributed by atoms with Crippen molar-refractivity contribution in [3.8, 4) is 17.2 Å². The Labute approximate surface area is 171 Å². The predicted molar refractivity (Wildman–Crippen MR) is 111 cm³/mol. The van der Waals surface area contributed by atoms with Crippen LogP contribution in [0.3, 0.4) is 0 Å². The second-order valence-electron chi connectivity index (χ2n) is 6.38. The minimum Gasteiger partial charge on any atom is -0.504 e. The number of carbonyl (C=O) groups excluding carboxylic acids is 1. The molecule has 0 radical (unpaired) electrons. The molecule has 0 unspecified atom stereocenters. The SMILES string of the molecule is COc1cc([C@@H]2SCC(=O)Nc3c2c(C)nn3-c2ccccc2Cl)ccc1O. The molecule has 2 heterocycles. The van der Waals surface area contributed by atoms with Crippen molar-refractivity contribution in [2.75, 3.05) is 18.2 Å². The van der Waals surface area contributed by atoms with E-state index < -0.39 is 0 Å². The molecule has 0 aliphatic carbocycles. The second-order valence-corrected chi connectivity index (χ2v) is 7.88. The van der Waals surface area contributed by atoms with Crippen LogP contribution in [0, 0.1) is 6.92 Å². The number of para-hydroxylation sites is 1. The van der Waals surface area contributed by atoms with Gasteiger partial charge in [-0.2, -0.15) is 5.10 Å². The van der Waals surface area contributed by atoms with E-state index in [4.69, 9.17) is 16.3 Å². The molecule has 0 saturated carbocycles. The summed E-state index contributed by atoms with van der Waals surface area (Å²) in [6, 6.07) is 12.6. The van der Waals surface area contributed by atoms with Gasteiger partial charge in [0.2, 0.25) is 5.91 Å². The number of nitrogens with one attached hydrogen (secondary N) is 1. The highest BCUT2D eigenvalue weighted by molar-refractivity contribution is 8.00. The van der Waals surface area contributed by atoms with Crippen LogP contribution in [0.25, 0.3) is 5.69 Å². The summed E-state index contributed by atoms with van der Waals surface area (Å²) in [6.45, 7) is 1.91. The maximum absolute atomic E-state index is 12.4. The van der Waals surface area contributed by atoms with Crippen LogP contribution in [-0.2, 0) is 4.79 Å². The van der Waals surface area contributed by atoms with Gasteiger partial charge in [-0.05, 0) is 36.8 Å². The molecule has 1 aromatic heterocycles. The van der Waals surface area contributed by atoms with E-state index in [9.17, 15) is 9.90 Å². The number of amides is 1. The number of methoxy groups -OCH3 is 1. The zero-order valence-electron chi connectivity index (χ0n) is 15.3. The summed E-state index contributed by atoms with van der Waals surface area (Å²) in [5, 5.41) is 18.0. The zero-order valence-corrected chi connectivity index (χ0v) is 16.8. The van der Waals surface area contributed by atoms with Crippen molar-refractivity contribution < 1.29 is 14.6 Å². The average molecular weight is 416 g/mol. The number of ether oxygens (including phenoxy) is 1. The van der Waals surface area contributed by atoms with E-state index in [1.165, 1.54) is 18.9 Å². The fourth-order valence-electron chi connectivity index (χ4n) is 3.30. The summed E-state index contributed by atoms with van der Waals surface area (Å²) in [5.74, 6) is 1.26. The quantitative estimate of drug-likeness (QED) is 0.666. The number of phenolic OH excluding ortho intramolecular Hbond substituents is 1. The van der Waals surface area contributed by atoms with E-state index in [0.29, 0.717) is 28.0 Å². The highest BCUT2D eigenvalue weighted by atomic mass is 35.5. The molecule has 0 bridgehead atoms. The van der Waals surface area contributed by atoms with Crippen LogP contribution in [0.4, 0.5) is 5.82 Å². The number of thioether (sulfide) groups is 1. The molecule has 1 aliphatic rings. The van der Waals surface area contributed by atoms with Crippen molar-refractivity contribution in [1.82, 2.24) is 9.78 Å². The number of hydrogen-bond acceptors (Lipinski definition) is 5. The zero-order chi connectivity index (χ0) is 19.8. The van der Waals surface area contributed by atoms with Crippen molar-refractivity contribution in [2.24, 2.45) is 0 Å². The van der Waals surface area contributed by atoms with Crippen molar-refractivity contribution in [3.05, 3.63) is 64.3 Å². The number of aromatic nitrogens is 2. The molecule has 2 aromatic carbocycles. The Bertz CT molecular complexity index is 1070. The number of hydrogen-bond donors (Lipinski definition) is 2. The van der Waals surface area contributed by atoms with Gasteiger partial charge < -0.3 is 15.2 Å². The number of benzene rings is 2. The Morgan fingerprint density at radius 2 is 2.11 bits per heavy atom. The number of carbonyl (C=O) groups is 1. The van der Waals surface area contributed by atoms with Gasteiger partial charge in [0.1, 0.15) is 5.82 Å². The molecule has 1 atom stereocenters. The number of aryl methyl sites for hydroxylation is 1. The van der Waals surface area contributed by atoms with E-state index in [1.54, 1.807) is 22.9 Å². The molecular formula is C20H18ClN3O3S. The molecule has 2 N–H and O–H groups in total. The lowest BCUT2D eigenvalue weighted by Gasteiger charge is -2.17. The van der Waals surface area contributed by atoms with Gasteiger partial charge in [-0.1, -0.05) is 29.8 Å². The lowest BCUT2D eigenvalue weighted by molar-refractivity contribution is -0.113. The number of phenols is 1. The Hall–Kier alpha value is -2.64. The van der Waals surface area contributed by atoms with Crippen LogP contribution >= 0.6 is 23.4 Å². The third kappa shape index (κ3) is 3.21. The molecular weight excluding hydrogens is 398 g/mol. The van der Waals surface area contributed by atoms with Crippen molar-refractivity contribution in [3.63, 3.8) is 0 Å². The predicted octanol–water partition coefficient (Wildman–Crippen LogP) is 4.32. The van der Waals surface area contributed by atoms with Gasteiger partial charge in [-0.3, -0.25) is 4.79 Å². The monoisotopic (exact) mass is 415 g/mol. The molecule has 6 nitrogen and oxygen atoms in total. The Morgan fingerprint density at radius 1 is 1.32 bits per heavy atom. The first kappa shape index (κ1) is 18.7. The van der Waals surface area contributed by atoms with Crippen LogP contribution < -0.4 is 10.1 Å². The number of fused-ring (bicyclic) bond motifs is 1. The van der Waals surface area contributed by atoms with E-state index in [-0.39, 0.29) is 16.9 Å². The molecule has 4 rings (SSSR count). The number of nitrogens with zero attached hydrogens (tertiary/aromatic N) is 2. The van der Waals surface area contributed by atoms with Crippen molar-refractivity contribution >= 4 is 35.1 Å². The summed E-state index contributed by atoms with van der Waals surface area (Å²) >= 11 is 7.88. The number of rotatable bonds is 3. The first-order chi connectivity index (χ1) is 13.5. The fourth-order valence-corrected chi connectivity index (χ4v) is 4.70. The second kappa shape index (κ2) is 7.41. The smallest absolute Gasteiger partial charge is 0.235 e. The van der Waals surface area contributed by atoms with E-state index in [2.05, 4.69) is 10.4 Å². The van der Waals surface area contributed by atoms with Crippen LogP contribution in [-0.4, -0.2) is 33.7 Å². The van der Waals surface area contributed by atoms with Gasteiger partial charge in [-0.15, -0.1) is 11.8 Å². The Kier molecular flexibility index (Phi) is 4.95. The lowest BCUT2D eigenvalue weighted by Crippen LogP contribution is -2.16. The number of halogens is 1. The van der Waals surface area contributed by atoms with Gasteiger partial charge in [-0.25, -0.2) is 4.68 Å². The minimum atomic E-state index is -0.153. The highest BCUT2D eigenvalue weighted by Crippen LogP contribution is 2.45. The minimum absolute atomic E-state index is 0.0720. The third-order valence-electron chi connectivity index (χ3n) is 4.59. The van der Waals surface area contributed by atoms with Crippen molar-refractivity contribution in [1.29, 1.82) is 0 Å². The number of anilines is 1. The van der Waals surface area contributed by atoms with Crippen LogP contribution in [0.5, 0.6) is 11.5 Å². The van der Waals surface area contributed by atoms with Gasteiger partial charge >= 0.3 is 0 Å². The first-order valence-corrected chi connectivity index (χ1v) is 10.0. The standard InChI is InChI=1S/C20H18ClN3O3S/c1-11-18-19(12-7-8-15(25)16(9-12)27-2)28-10-17(26)22-20(18)24(23-11)14-6-4-3-5-13(14)21/h3-9,19,25H,10H2,1-2H3,(H,22,26)/t19-/m0/s1. The summed E-state index contributed by atoms with van der Waals surface area (Å²) in [7, 11) is 1.51. The normalized spacial score (nSPS) is 16.2. The summed E-state index contributed by atoms with van der Waals surface area (Å²) in [6.07, 6.45) is 0. The fraction of sp³-hybridized carbons (Fsp3) is 0.200. The summed E-state index contributed by atoms with van der Waals surface area (Å²) in [4.78, 5) is 12.4. The van der Waals surface area contributed by atoms with Crippen LogP contribution in [0.2, 0.25) is 5.02 Å². The lowest BCUT2D eigenvalue weighted by atomic mass is 10.0. The molecule has 8 heteroatoms. The molecule has 0 spiro atoms. The van der Waals surface area contributed by atoms with E-state index >= 15 is 0 Å². The molecule has 0 fully saturated rings. The molecule has 1 aliphatic heterocycles. The average Bonchev–Trinajstić information content (AvgIpc) is 2.88. The molecule has 3 aromatic rings. The van der Waals surface area contributed by atoms with Crippen LogP contribution in [0.1, 0.15) is 22.1 Å². The number of aromatic hydroxyl groups is 1. The largest absolute Gasteiger partial charge is 0.504 e.